The standard InChI is InChI=1S/C9H15O2/c10-9(11)7-6-8-4-2-1-3-5-8/h7-8H,1-6H2,(H,10,11). The third-order valence-electron chi connectivity index (χ3n) is 2.35. The number of rotatable bonds is 3. The van der Waals surface area contributed by atoms with Crippen molar-refractivity contribution in [2.24, 2.45) is 5.92 Å². The summed E-state index contributed by atoms with van der Waals surface area (Å²) in [5.41, 5.74) is 0. The molecule has 0 amide bonds. The molecule has 0 saturated heterocycles. The molecule has 1 radical (unpaired) electrons. The van der Waals surface area contributed by atoms with Crippen molar-refractivity contribution in [3.63, 3.8) is 0 Å². The zero-order valence-electron chi connectivity index (χ0n) is 6.75. The molecule has 0 atom stereocenters. The van der Waals surface area contributed by atoms with Crippen molar-refractivity contribution in [1.82, 2.24) is 0 Å². The van der Waals surface area contributed by atoms with E-state index in [1.165, 1.54) is 38.5 Å². The minimum atomic E-state index is -0.768. The molecular formula is C9H15O2. The maximum atomic E-state index is 10.2. The summed E-state index contributed by atoms with van der Waals surface area (Å²) in [4.78, 5) is 10.2. The normalized spacial score (nSPS) is 20.0. The Balaban J connectivity index is 2.09. The zero-order valence-corrected chi connectivity index (χ0v) is 6.75. The summed E-state index contributed by atoms with van der Waals surface area (Å²) in [6.45, 7) is 0. The second kappa shape index (κ2) is 4.37. The fraction of sp³-hybridized carbons (Fsp3) is 0.778. The fourth-order valence-corrected chi connectivity index (χ4v) is 1.69. The summed E-state index contributed by atoms with van der Waals surface area (Å²) in [5, 5.41) is 8.39. The van der Waals surface area contributed by atoms with Crippen LogP contribution >= 0.6 is 0 Å². The van der Waals surface area contributed by atoms with E-state index >= 15 is 0 Å². The van der Waals surface area contributed by atoms with Gasteiger partial charge in [-0.15, -0.1) is 0 Å². The Kier molecular flexibility index (Phi) is 3.40. The van der Waals surface area contributed by atoms with E-state index in [9.17, 15) is 4.79 Å². The number of hydrogen-bond acceptors (Lipinski definition) is 1. The van der Waals surface area contributed by atoms with E-state index in [-0.39, 0.29) is 0 Å². The largest absolute Gasteiger partial charge is 0.481 e. The lowest BCUT2D eigenvalue weighted by atomic mass is 9.86. The highest BCUT2D eigenvalue weighted by Crippen LogP contribution is 2.26. The first-order chi connectivity index (χ1) is 5.29. The first kappa shape index (κ1) is 8.57. The first-order valence-electron chi connectivity index (χ1n) is 4.35. The Morgan fingerprint density at radius 1 is 1.36 bits per heavy atom. The predicted molar refractivity (Wildman–Crippen MR) is 43.1 cm³/mol. The van der Waals surface area contributed by atoms with Crippen molar-refractivity contribution in [1.29, 1.82) is 0 Å². The van der Waals surface area contributed by atoms with E-state index in [0.29, 0.717) is 5.92 Å². The van der Waals surface area contributed by atoms with Gasteiger partial charge in [0.25, 0.3) is 0 Å². The second-order valence-electron chi connectivity index (χ2n) is 3.28. The van der Waals surface area contributed by atoms with Crippen molar-refractivity contribution in [3.8, 4) is 0 Å². The summed E-state index contributed by atoms with van der Waals surface area (Å²) >= 11 is 0. The molecule has 1 aliphatic rings. The van der Waals surface area contributed by atoms with Crippen LogP contribution in [-0.4, -0.2) is 11.1 Å². The summed E-state index contributed by atoms with van der Waals surface area (Å²) in [6.07, 6.45) is 8.54. The SMILES string of the molecule is O=C(O)[CH]CC1CCCCC1. The molecule has 1 aliphatic carbocycles. The second-order valence-corrected chi connectivity index (χ2v) is 3.28. The van der Waals surface area contributed by atoms with Crippen molar-refractivity contribution >= 4 is 5.97 Å². The van der Waals surface area contributed by atoms with E-state index in [1.54, 1.807) is 0 Å². The molecule has 0 aromatic heterocycles. The van der Waals surface area contributed by atoms with Gasteiger partial charge >= 0.3 is 5.97 Å². The number of hydrogen-bond donors (Lipinski definition) is 1. The molecule has 1 fully saturated rings. The van der Waals surface area contributed by atoms with Crippen molar-refractivity contribution in [3.05, 3.63) is 6.42 Å². The summed E-state index contributed by atoms with van der Waals surface area (Å²) in [7, 11) is 0. The van der Waals surface area contributed by atoms with E-state index in [4.69, 9.17) is 5.11 Å². The Labute approximate surface area is 67.6 Å². The van der Waals surface area contributed by atoms with Gasteiger partial charge in [-0.1, -0.05) is 32.1 Å². The molecule has 0 heterocycles. The van der Waals surface area contributed by atoms with Crippen molar-refractivity contribution in [2.45, 2.75) is 38.5 Å². The number of aliphatic carboxylic acids is 1. The van der Waals surface area contributed by atoms with Crippen molar-refractivity contribution in [2.75, 3.05) is 0 Å². The van der Waals surface area contributed by atoms with Crippen LogP contribution < -0.4 is 0 Å². The third kappa shape index (κ3) is 3.40. The first-order valence-corrected chi connectivity index (χ1v) is 4.35. The van der Waals surface area contributed by atoms with Crippen LogP contribution in [0, 0.1) is 12.3 Å². The third-order valence-corrected chi connectivity index (χ3v) is 2.35. The Morgan fingerprint density at radius 2 is 2.00 bits per heavy atom. The highest BCUT2D eigenvalue weighted by atomic mass is 16.4. The molecule has 2 heteroatoms. The molecule has 2 nitrogen and oxygen atoms in total. The molecule has 1 rings (SSSR count). The molecule has 0 spiro atoms. The Morgan fingerprint density at radius 3 is 2.55 bits per heavy atom. The Hall–Kier alpha value is -0.530. The Bertz CT molecular complexity index is 126. The maximum absolute atomic E-state index is 10.2. The minimum Gasteiger partial charge on any atom is -0.481 e. The maximum Gasteiger partial charge on any atom is 0.307 e. The minimum absolute atomic E-state index is 0.653. The van der Waals surface area contributed by atoms with Gasteiger partial charge in [-0.2, -0.15) is 0 Å². The molecule has 0 unspecified atom stereocenters. The number of carboxylic acids is 1. The zero-order chi connectivity index (χ0) is 8.10. The monoisotopic (exact) mass is 155 g/mol. The van der Waals surface area contributed by atoms with Crippen LogP contribution in [0.25, 0.3) is 0 Å². The quantitative estimate of drug-likeness (QED) is 0.678. The molecule has 11 heavy (non-hydrogen) atoms. The molecule has 0 aliphatic heterocycles. The van der Waals surface area contributed by atoms with Crippen LogP contribution in [0.1, 0.15) is 38.5 Å². The van der Waals surface area contributed by atoms with Gasteiger partial charge in [0.05, 0.1) is 6.42 Å². The van der Waals surface area contributed by atoms with Gasteiger partial charge in [0.1, 0.15) is 0 Å². The van der Waals surface area contributed by atoms with Gasteiger partial charge in [0.2, 0.25) is 0 Å². The summed E-state index contributed by atoms with van der Waals surface area (Å²) in [6, 6.07) is 0. The van der Waals surface area contributed by atoms with Gasteiger partial charge < -0.3 is 5.11 Å². The average molecular weight is 155 g/mol. The lowest BCUT2D eigenvalue weighted by Gasteiger charge is -2.20. The highest BCUT2D eigenvalue weighted by Gasteiger charge is 2.14. The molecule has 1 saturated carbocycles. The van der Waals surface area contributed by atoms with Crippen LogP contribution in [-0.2, 0) is 4.79 Å². The fourth-order valence-electron chi connectivity index (χ4n) is 1.69. The van der Waals surface area contributed by atoms with E-state index in [1.807, 2.05) is 0 Å². The van der Waals surface area contributed by atoms with Crippen LogP contribution in [0.2, 0.25) is 0 Å². The smallest absolute Gasteiger partial charge is 0.307 e. The molecule has 1 N–H and O–H groups in total. The lowest BCUT2D eigenvalue weighted by molar-refractivity contribution is -0.133. The summed E-state index contributed by atoms with van der Waals surface area (Å²) in [5.74, 6) is -0.115. The number of carbonyl (C=O) groups is 1. The van der Waals surface area contributed by atoms with Gasteiger partial charge in [0.15, 0.2) is 0 Å². The van der Waals surface area contributed by atoms with Crippen LogP contribution in [0.3, 0.4) is 0 Å². The summed E-state index contributed by atoms with van der Waals surface area (Å²) < 4.78 is 0. The lowest BCUT2D eigenvalue weighted by Crippen LogP contribution is -2.08. The van der Waals surface area contributed by atoms with Gasteiger partial charge in [-0.05, 0) is 12.3 Å². The van der Waals surface area contributed by atoms with Crippen LogP contribution in [0.5, 0.6) is 0 Å². The van der Waals surface area contributed by atoms with Gasteiger partial charge in [-0.3, -0.25) is 4.79 Å². The number of carboxylic acid groups (broad SMARTS) is 1. The highest BCUT2D eigenvalue weighted by molar-refractivity contribution is 5.76. The molecule has 63 valence electrons. The van der Waals surface area contributed by atoms with Gasteiger partial charge in [0, 0.05) is 0 Å². The van der Waals surface area contributed by atoms with Crippen LogP contribution in [0.15, 0.2) is 0 Å². The van der Waals surface area contributed by atoms with E-state index in [2.05, 4.69) is 0 Å². The molecular weight excluding hydrogens is 140 g/mol. The van der Waals surface area contributed by atoms with Crippen molar-refractivity contribution < 1.29 is 9.90 Å². The molecule has 0 aromatic carbocycles. The predicted octanol–water partition coefficient (Wildman–Crippen LogP) is 2.25. The van der Waals surface area contributed by atoms with Gasteiger partial charge in [-0.25, -0.2) is 0 Å². The molecule has 0 bridgehead atoms. The van der Waals surface area contributed by atoms with E-state index in [0.717, 1.165) is 6.42 Å². The van der Waals surface area contributed by atoms with Crippen LogP contribution in [0.4, 0.5) is 0 Å². The van der Waals surface area contributed by atoms with E-state index < -0.39 is 5.97 Å². The molecule has 0 aromatic rings. The average Bonchev–Trinajstić information content (AvgIpc) is 2.03. The topological polar surface area (TPSA) is 37.3 Å².